The first-order valence-electron chi connectivity index (χ1n) is 7.29. The van der Waals surface area contributed by atoms with Gasteiger partial charge in [-0.2, -0.15) is 0 Å². The summed E-state index contributed by atoms with van der Waals surface area (Å²) in [6.07, 6.45) is 3.09. The number of thioether (sulfide) groups is 1. The Hall–Kier alpha value is -1.75. The standard InChI is InChI=1S/C16H20N4S/c1-3-17-14-10-15(19-16(18-14)21-2)20-9-8-12-6-4-5-7-13(12)11-20/h4-7,10H,3,8-9,11H2,1-2H3,(H,17,18,19). The van der Waals surface area contributed by atoms with Gasteiger partial charge in [0.25, 0.3) is 0 Å². The summed E-state index contributed by atoms with van der Waals surface area (Å²) in [5.41, 5.74) is 2.86. The van der Waals surface area contributed by atoms with Crippen LogP contribution in [0.4, 0.5) is 11.6 Å². The topological polar surface area (TPSA) is 41.0 Å². The van der Waals surface area contributed by atoms with Gasteiger partial charge in [0.05, 0.1) is 0 Å². The van der Waals surface area contributed by atoms with Crippen LogP contribution in [0.2, 0.25) is 0 Å². The van der Waals surface area contributed by atoms with Gasteiger partial charge < -0.3 is 10.2 Å². The minimum absolute atomic E-state index is 0.822. The van der Waals surface area contributed by atoms with Crippen molar-refractivity contribution in [2.75, 3.05) is 29.6 Å². The molecule has 0 radical (unpaired) electrons. The number of hydrogen-bond donors (Lipinski definition) is 1. The molecule has 21 heavy (non-hydrogen) atoms. The van der Waals surface area contributed by atoms with E-state index >= 15 is 0 Å². The number of nitrogens with zero attached hydrogens (tertiary/aromatic N) is 3. The van der Waals surface area contributed by atoms with Gasteiger partial charge in [-0.1, -0.05) is 36.0 Å². The number of anilines is 2. The lowest BCUT2D eigenvalue weighted by Crippen LogP contribution is -2.31. The maximum Gasteiger partial charge on any atom is 0.191 e. The fourth-order valence-corrected chi connectivity index (χ4v) is 3.00. The van der Waals surface area contributed by atoms with E-state index in [-0.39, 0.29) is 0 Å². The average Bonchev–Trinajstić information content (AvgIpc) is 2.54. The summed E-state index contributed by atoms with van der Waals surface area (Å²) in [6.45, 7) is 4.88. The third-order valence-corrected chi connectivity index (χ3v) is 4.23. The van der Waals surface area contributed by atoms with Crippen LogP contribution in [0.5, 0.6) is 0 Å². The number of nitrogens with one attached hydrogen (secondary N) is 1. The van der Waals surface area contributed by atoms with Gasteiger partial charge in [-0.3, -0.25) is 0 Å². The van der Waals surface area contributed by atoms with Crippen LogP contribution < -0.4 is 10.2 Å². The maximum atomic E-state index is 4.67. The Labute approximate surface area is 130 Å². The van der Waals surface area contributed by atoms with Crippen molar-refractivity contribution in [1.29, 1.82) is 0 Å². The van der Waals surface area contributed by atoms with Gasteiger partial charge in [0.2, 0.25) is 0 Å². The van der Waals surface area contributed by atoms with Gasteiger partial charge in [-0.25, -0.2) is 9.97 Å². The van der Waals surface area contributed by atoms with Crippen molar-refractivity contribution >= 4 is 23.4 Å². The molecule has 110 valence electrons. The molecule has 0 amide bonds. The summed E-state index contributed by atoms with van der Waals surface area (Å²) < 4.78 is 0. The Morgan fingerprint density at radius 2 is 2.05 bits per heavy atom. The molecule has 2 aromatic rings. The summed E-state index contributed by atoms with van der Waals surface area (Å²) >= 11 is 1.58. The van der Waals surface area contributed by atoms with Crippen molar-refractivity contribution in [3.05, 3.63) is 41.5 Å². The second-order valence-corrected chi connectivity index (χ2v) is 5.84. The molecule has 0 aliphatic carbocycles. The van der Waals surface area contributed by atoms with Crippen molar-refractivity contribution in [2.24, 2.45) is 0 Å². The Kier molecular flexibility index (Phi) is 4.29. The zero-order chi connectivity index (χ0) is 14.7. The van der Waals surface area contributed by atoms with Crippen LogP contribution >= 0.6 is 11.8 Å². The van der Waals surface area contributed by atoms with E-state index in [9.17, 15) is 0 Å². The van der Waals surface area contributed by atoms with Crippen molar-refractivity contribution in [3.63, 3.8) is 0 Å². The predicted molar refractivity (Wildman–Crippen MR) is 89.2 cm³/mol. The summed E-state index contributed by atoms with van der Waals surface area (Å²) in [5, 5.41) is 4.11. The van der Waals surface area contributed by atoms with Gasteiger partial charge in [0.15, 0.2) is 5.16 Å². The average molecular weight is 300 g/mol. The molecule has 0 saturated carbocycles. The van der Waals surface area contributed by atoms with Crippen LogP contribution in [0.25, 0.3) is 0 Å². The molecule has 2 heterocycles. The zero-order valence-electron chi connectivity index (χ0n) is 12.5. The summed E-state index contributed by atoms with van der Waals surface area (Å²) in [5.74, 6) is 1.92. The minimum atomic E-state index is 0.822. The SMILES string of the molecule is CCNc1cc(N2CCc3ccccc3C2)nc(SC)n1. The lowest BCUT2D eigenvalue weighted by molar-refractivity contribution is 0.712. The Bertz CT molecular complexity index is 629. The highest BCUT2D eigenvalue weighted by Gasteiger charge is 2.18. The third-order valence-electron chi connectivity index (χ3n) is 3.69. The molecule has 0 spiro atoms. The predicted octanol–water partition coefficient (Wildman–Crippen LogP) is 3.19. The van der Waals surface area contributed by atoms with Crippen LogP contribution in [0.15, 0.2) is 35.5 Å². The third kappa shape index (κ3) is 3.13. The van der Waals surface area contributed by atoms with E-state index in [1.165, 1.54) is 11.1 Å². The highest BCUT2D eigenvalue weighted by molar-refractivity contribution is 7.98. The van der Waals surface area contributed by atoms with Gasteiger partial charge in [-0.05, 0) is 30.7 Å². The van der Waals surface area contributed by atoms with Gasteiger partial charge in [0.1, 0.15) is 11.6 Å². The number of rotatable bonds is 4. The van der Waals surface area contributed by atoms with E-state index < -0.39 is 0 Å². The second-order valence-electron chi connectivity index (χ2n) is 5.07. The van der Waals surface area contributed by atoms with E-state index in [0.29, 0.717) is 0 Å². The smallest absolute Gasteiger partial charge is 0.191 e. The van der Waals surface area contributed by atoms with E-state index in [4.69, 9.17) is 0 Å². The molecule has 0 bridgehead atoms. The molecular formula is C16H20N4S. The molecule has 0 fully saturated rings. The molecule has 1 aromatic carbocycles. The van der Waals surface area contributed by atoms with Gasteiger partial charge in [-0.15, -0.1) is 0 Å². The van der Waals surface area contributed by atoms with Gasteiger partial charge in [0, 0.05) is 25.7 Å². The molecule has 0 atom stereocenters. The molecular weight excluding hydrogens is 280 g/mol. The molecule has 0 unspecified atom stereocenters. The monoisotopic (exact) mass is 300 g/mol. The lowest BCUT2D eigenvalue weighted by atomic mass is 10.00. The first-order valence-corrected chi connectivity index (χ1v) is 8.51. The molecule has 4 nitrogen and oxygen atoms in total. The summed E-state index contributed by atoms with van der Waals surface area (Å²) in [4.78, 5) is 11.5. The van der Waals surface area contributed by atoms with E-state index in [2.05, 4.69) is 57.4 Å². The highest BCUT2D eigenvalue weighted by atomic mass is 32.2. The maximum absolute atomic E-state index is 4.67. The summed E-state index contributed by atoms with van der Waals surface area (Å²) in [7, 11) is 0. The fourth-order valence-electron chi connectivity index (χ4n) is 2.63. The molecule has 1 aromatic heterocycles. The van der Waals surface area contributed by atoms with Crippen molar-refractivity contribution in [3.8, 4) is 0 Å². The highest BCUT2D eigenvalue weighted by Crippen LogP contribution is 2.26. The van der Waals surface area contributed by atoms with Crippen LogP contribution in [0.1, 0.15) is 18.1 Å². The number of benzene rings is 1. The first kappa shape index (κ1) is 14.2. The van der Waals surface area contributed by atoms with E-state index in [1.54, 1.807) is 11.8 Å². The second kappa shape index (κ2) is 6.35. The Morgan fingerprint density at radius 1 is 1.24 bits per heavy atom. The van der Waals surface area contributed by atoms with Crippen molar-refractivity contribution in [1.82, 2.24) is 9.97 Å². The molecule has 1 aliphatic heterocycles. The molecule has 1 aliphatic rings. The normalized spacial score (nSPS) is 13.9. The Morgan fingerprint density at radius 3 is 2.81 bits per heavy atom. The van der Waals surface area contributed by atoms with Crippen LogP contribution in [0, 0.1) is 0 Å². The van der Waals surface area contributed by atoms with Gasteiger partial charge >= 0.3 is 0 Å². The Balaban J connectivity index is 1.89. The largest absolute Gasteiger partial charge is 0.370 e. The van der Waals surface area contributed by atoms with Crippen LogP contribution in [-0.2, 0) is 13.0 Å². The van der Waals surface area contributed by atoms with E-state index in [1.807, 2.05) is 6.26 Å². The van der Waals surface area contributed by atoms with Crippen LogP contribution in [-0.4, -0.2) is 29.3 Å². The number of aromatic nitrogens is 2. The van der Waals surface area contributed by atoms with Crippen molar-refractivity contribution in [2.45, 2.75) is 25.0 Å². The summed E-state index contributed by atoms with van der Waals surface area (Å²) in [6, 6.07) is 10.7. The molecule has 0 saturated heterocycles. The minimum Gasteiger partial charge on any atom is -0.370 e. The lowest BCUT2D eigenvalue weighted by Gasteiger charge is -2.30. The number of hydrogen-bond acceptors (Lipinski definition) is 5. The quantitative estimate of drug-likeness (QED) is 0.693. The van der Waals surface area contributed by atoms with Crippen LogP contribution in [0.3, 0.4) is 0 Å². The molecule has 1 N–H and O–H groups in total. The molecule has 5 heteroatoms. The van der Waals surface area contributed by atoms with E-state index in [0.717, 1.165) is 42.8 Å². The van der Waals surface area contributed by atoms with Crippen molar-refractivity contribution < 1.29 is 0 Å². The first-order chi connectivity index (χ1) is 10.3. The number of fused-ring (bicyclic) bond motifs is 1. The molecule has 3 rings (SSSR count). The zero-order valence-corrected chi connectivity index (χ0v) is 13.3. The fraction of sp³-hybridized carbons (Fsp3) is 0.375.